The molecule has 3 aliphatic rings. The Bertz CT molecular complexity index is 938. The number of hydrogen-bond donors (Lipinski definition) is 1. The van der Waals surface area contributed by atoms with Gasteiger partial charge in [-0.1, -0.05) is 32.1 Å². The average Bonchev–Trinajstić information content (AvgIpc) is 3.22. The van der Waals surface area contributed by atoms with Gasteiger partial charge in [-0.05, 0) is 56.0 Å². The highest BCUT2D eigenvalue weighted by molar-refractivity contribution is 6.06. The lowest BCUT2D eigenvalue weighted by atomic mass is 9.87. The van der Waals surface area contributed by atoms with E-state index in [1.165, 1.54) is 76.5 Å². The number of carbonyl (C=O) groups is 2. The summed E-state index contributed by atoms with van der Waals surface area (Å²) in [5.74, 6) is 0.771. The summed E-state index contributed by atoms with van der Waals surface area (Å²) < 4.78 is 2.43. The lowest BCUT2D eigenvalue weighted by Gasteiger charge is -2.34. The summed E-state index contributed by atoms with van der Waals surface area (Å²) in [6.07, 6.45) is 13.6. The van der Waals surface area contributed by atoms with Gasteiger partial charge in [0.05, 0.1) is 0 Å². The fourth-order valence-electron chi connectivity index (χ4n) is 5.71. The van der Waals surface area contributed by atoms with Gasteiger partial charge in [-0.3, -0.25) is 15.0 Å². The molecule has 0 bridgehead atoms. The number of nitrogens with zero attached hydrogens (tertiary/aromatic N) is 3. The monoisotopic (exact) mass is 422 g/mol. The largest absolute Gasteiger partial charge is 0.344 e. The number of nitrogens with one attached hydrogen (secondary N) is 1. The SMILES string of the molecule is O=C1CCN(c2ccc3c(ccn3C3CCN(CCC4CCCCC4)CC3)c2)C(=O)N1. The molecule has 166 valence electrons. The van der Waals surface area contributed by atoms with Crippen LogP contribution in [0.3, 0.4) is 0 Å². The number of carbonyl (C=O) groups excluding carboxylic acids is 2. The predicted molar refractivity (Wildman–Crippen MR) is 123 cm³/mol. The van der Waals surface area contributed by atoms with Gasteiger partial charge >= 0.3 is 6.03 Å². The Morgan fingerprint density at radius 1 is 0.935 bits per heavy atom. The number of benzene rings is 1. The maximum atomic E-state index is 12.2. The molecule has 0 spiro atoms. The molecule has 2 aliphatic heterocycles. The predicted octanol–water partition coefficient (Wildman–Crippen LogP) is 4.69. The van der Waals surface area contributed by atoms with Crippen LogP contribution in [0, 0.1) is 5.92 Å². The molecule has 31 heavy (non-hydrogen) atoms. The number of rotatable bonds is 5. The third kappa shape index (κ3) is 4.49. The van der Waals surface area contributed by atoms with Crippen LogP contribution in [0.4, 0.5) is 10.5 Å². The molecule has 0 unspecified atom stereocenters. The second kappa shape index (κ2) is 9.03. The van der Waals surface area contributed by atoms with Crippen LogP contribution < -0.4 is 10.2 Å². The molecular formula is C25H34N4O2. The van der Waals surface area contributed by atoms with Crippen molar-refractivity contribution in [3.8, 4) is 0 Å². The van der Waals surface area contributed by atoms with Gasteiger partial charge in [-0.2, -0.15) is 0 Å². The molecule has 2 aromatic rings. The molecule has 1 aromatic carbocycles. The van der Waals surface area contributed by atoms with Crippen LogP contribution in [0.5, 0.6) is 0 Å². The molecule has 1 N–H and O–H groups in total. The van der Waals surface area contributed by atoms with Crippen LogP contribution >= 0.6 is 0 Å². The maximum absolute atomic E-state index is 12.2. The third-order valence-electron chi connectivity index (χ3n) is 7.60. The van der Waals surface area contributed by atoms with Crippen LogP contribution in [-0.2, 0) is 4.79 Å². The molecule has 1 aromatic heterocycles. The molecule has 3 heterocycles. The van der Waals surface area contributed by atoms with E-state index in [1.807, 2.05) is 6.07 Å². The van der Waals surface area contributed by atoms with Crippen molar-refractivity contribution in [3.05, 3.63) is 30.5 Å². The van der Waals surface area contributed by atoms with Crippen molar-refractivity contribution in [1.82, 2.24) is 14.8 Å². The third-order valence-corrected chi connectivity index (χ3v) is 7.60. The highest BCUT2D eigenvalue weighted by Gasteiger charge is 2.26. The first-order valence-corrected chi connectivity index (χ1v) is 12.1. The normalized spacial score (nSPS) is 22.3. The van der Waals surface area contributed by atoms with Crippen LogP contribution in [0.1, 0.15) is 63.8 Å². The van der Waals surface area contributed by atoms with E-state index < -0.39 is 0 Å². The Hall–Kier alpha value is -2.34. The van der Waals surface area contributed by atoms with Crippen LogP contribution in [0.15, 0.2) is 30.5 Å². The summed E-state index contributed by atoms with van der Waals surface area (Å²) in [7, 11) is 0. The minimum atomic E-state index is -0.323. The molecule has 6 nitrogen and oxygen atoms in total. The zero-order valence-electron chi connectivity index (χ0n) is 18.4. The number of hydrogen-bond acceptors (Lipinski definition) is 3. The standard InChI is InChI=1S/C25H34N4O2/c30-24-12-17-29(25(31)26-24)22-6-7-23-20(18-22)9-16-28(23)21-10-14-27(15-11-21)13-8-19-4-2-1-3-5-19/h6-7,9,16,18-19,21H,1-5,8,10-15,17H2,(H,26,30,31). The Morgan fingerprint density at radius 2 is 1.74 bits per heavy atom. The van der Waals surface area contributed by atoms with Crippen LogP contribution in [-0.4, -0.2) is 47.6 Å². The fraction of sp³-hybridized carbons (Fsp3) is 0.600. The highest BCUT2D eigenvalue weighted by atomic mass is 16.2. The van der Waals surface area contributed by atoms with Crippen molar-refractivity contribution in [1.29, 1.82) is 0 Å². The second-order valence-corrected chi connectivity index (χ2v) is 9.59. The summed E-state index contributed by atoms with van der Waals surface area (Å²) in [6, 6.07) is 8.58. The van der Waals surface area contributed by atoms with E-state index in [1.54, 1.807) is 4.90 Å². The van der Waals surface area contributed by atoms with Gasteiger partial charge in [0.15, 0.2) is 0 Å². The van der Waals surface area contributed by atoms with Gasteiger partial charge in [0.1, 0.15) is 0 Å². The number of fused-ring (bicyclic) bond motifs is 1. The smallest absolute Gasteiger partial charge is 0.328 e. The first-order valence-electron chi connectivity index (χ1n) is 12.1. The molecule has 1 saturated carbocycles. The molecule has 3 fully saturated rings. The van der Waals surface area contributed by atoms with E-state index in [-0.39, 0.29) is 11.9 Å². The summed E-state index contributed by atoms with van der Waals surface area (Å²) in [4.78, 5) is 27.9. The number of likely N-dealkylation sites (tertiary alicyclic amines) is 1. The van der Waals surface area contributed by atoms with Gasteiger partial charge < -0.3 is 9.47 Å². The van der Waals surface area contributed by atoms with E-state index in [0.717, 1.165) is 17.0 Å². The van der Waals surface area contributed by atoms with Crippen molar-refractivity contribution in [2.75, 3.05) is 31.1 Å². The summed E-state index contributed by atoms with van der Waals surface area (Å²) in [5, 5.41) is 3.56. The number of piperidine rings is 1. The highest BCUT2D eigenvalue weighted by Crippen LogP contribution is 2.31. The molecule has 5 rings (SSSR count). The number of anilines is 1. The van der Waals surface area contributed by atoms with Crippen molar-refractivity contribution in [2.24, 2.45) is 5.92 Å². The molecule has 3 amide bonds. The lowest BCUT2D eigenvalue weighted by Crippen LogP contribution is -2.49. The Balaban J connectivity index is 1.20. The summed E-state index contributed by atoms with van der Waals surface area (Å²) in [6.45, 7) is 4.10. The Kier molecular flexibility index (Phi) is 5.99. The fourth-order valence-corrected chi connectivity index (χ4v) is 5.71. The topological polar surface area (TPSA) is 57.6 Å². The molecule has 2 saturated heterocycles. The first-order chi connectivity index (χ1) is 15.2. The number of imide groups is 1. The van der Waals surface area contributed by atoms with Gasteiger partial charge in [-0.15, -0.1) is 0 Å². The van der Waals surface area contributed by atoms with Crippen molar-refractivity contribution >= 4 is 28.5 Å². The number of amides is 3. The first kappa shape index (κ1) is 20.6. The van der Waals surface area contributed by atoms with Crippen LogP contribution in [0.2, 0.25) is 0 Å². The van der Waals surface area contributed by atoms with Gasteiger partial charge in [-0.25, -0.2) is 4.79 Å². The van der Waals surface area contributed by atoms with E-state index in [2.05, 4.69) is 39.2 Å². The zero-order chi connectivity index (χ0) is 21.2. The molecule has 6 heteroatoms. The quantitative estimate of drug-likeness (QED) is 0.760. The van der Waals surface area contributed by atoms with E-state index in [0.29, 0.717) is 19.0 Å². The Labute approximate surface area is 184 Å². The van der Waals surface area contributed by atoms with Crippen molar-refractivity contribution in [2.45, 2.75) is 63.8 Å². The minimum absolute atomic E-state index is 0.196. The van der Waals surface area contributed by atoms with E-state index in [4.69, 9.17) is 0 Å². The van der Waals surface area contributed by atoms with E-state index in [9.17, 15) is 9.59 Å². The lowest BCUT2D eigenvalue weighted by molar-refractivity contribution is -0.120. The van der Waals surface area contributed by atoms with E-state index >= 15 is 0 Å². The van der Waals surface area contributed by atoms with Gasteiger partial charge in [0.2, 0.25) is 5.91 Å². The number of urea groups is 1. The Morgan fingerprint density at radius 3 is 2.52 bits per heavy atom. The second-order valence-electron chi connectivity index (χ2n) is 9.59. The van der Waals surface area contributed by atoms with Gasteiger partial charge in [0.25, 0.3) is 0 Å². The van der Waals surface area contributed by atoms with Crippen molar-refractivity contribution in [3.63, 3.8) is 0 Å². The molecule has 0 atom stereocenters. The van der Waals surface area contributed by atoms with Crippen LogP contribution in [0.25, 0.3) is 10.9 Å². The molecule has 1 aliphatic carbocycles. The van der Waals surface area contributed by atoms with Gasteiger partial charge in [0, 0.05) is 54.9 Å². The average molecular weight is 423 g/mol. The number of aromatic nitrogens is 1. The zero-order valence-corrected chi connectivity index (χ0v) is 18.4. The van der Waals surface area contributed by atoms with Crippen molar-refractivity contribution < 1.29 is 9.59 Å². The molecule has 0 radical (unpaired) electrons. The summed E-state index contributed by atoms with van der Waals surface area (Å²) in [5.41, 5.74) is 2.09. The minimum Gasteiger partial charge on any atom is -0.344 e. The molecular weight excluding hydrogens is 388 g/mol. The summed E-state index contributed by atoms with van der Waals surface area (Å²) >= 11 is 0. The maximum Gasteiger partial charge on any atom is 0.328 e.